The number of ether oxygens (including phenoxy) is 1. The maximum atomic E-state index is 12.0. The summed E-state index contributed by atoms with van der Waals surface area (Å²) in [7, 11) is 0. The molecule has 1 unspecified atom stereocenters. The molecule has 0 bridgehead atoms. The Kier molecular flexibility index (Phi) is 4.48. The molecular formula is C17H17ClN2O3. The summed E-state index contributed by atoms with van der Waals surface area (Å²) in [6.45, 7) is 1.70. The molecule has 0 saturated heterocycles. The zero-order valence-corrected chi connectivity index (χ0v) is 13.5. The van der Waals surface area contributed by atoms with Crippen LogP contribution in [0.5, 0.6) is 0 Å². The van der Waals surface area contributed by atoms with Crippen LogP contribution >= 0.6 is 11.6 Å². The first kappa shape index (κ1) is 15.7. The van der Waals surface area contributed by atoms with Crippen molar-refractivity contribution in [3.8, 4) is 0 Å². The predicted octanol–water partition coefficient (Wildman–Crippen LogP) is 2.96. The van der Waals surface area contributed by atoms with Gasteiger partial charge >= 0.3 is 5.97 Å². The standard InChI is InChI=1S/C17H17ClN2O3/c1-10(11-2-3-11)19-16(21)9-23-17(22)13-4-6-14-12(8-13)5-7-15(18)20-14/h4-8,10-11H,2-3,9H2,1H3,(H,19,21). The Balaban J connectivity index is 1.59. The van der Waals surface area contributed by atoms with Gasteiger partial charge in [-0.05, 0) is 56.0 Å². The molecule has 0 aliphatic heterocycles. The summed E-state index contributed by atoms with van der Waals surface area (Å²) in [5.74, 6) is -0.238. The summed E-state index contributed by atoms with van der Waals surface area (Å²) in [6.07, 6.45) is 2.30. The molecule has 5 nitrogen and oxygen atoms in total. The monoisotopic (exact) mass is 332 g/mol. The van der Waals surface area contributed by atoms with E-state index in [2.05, 4.69) is 10.3 Å². The molecule has 1 aliphatic carbocycles. The largest absolute Gasteiger partial charge is 0.452 e. The molecule has 0 radical (unpaired) electrons. The minimum Gasteiger partial charge on any atom is -0.452 e. The lowest BCUT2D eigenvalue weighted by molar-refractivity contribution is -0.124. The van der Waals surface area contributed by atoms with Gasteiger partial charge in [-0.25, -0.2) is 9.78 Å². The maximum Gasteiger partial charge on any atom is 0.338 e. The lowest BCUT2D eigenvalue weighted by atomic mass is 10.1. The predicted molar refractivity (Wildman–Crippen MR) is 87.4 cm³/mol. The van der Waals surface area contributed by atoms with E-state index in [4.69, 9.17) is 16.3 Å². The second-order valence-electron chi connectivity index (χ2n) is 5.81. The van der Waals surface area contributed by atoms with Crippen LogP contribution in [0, 0.1) is 5.92 Å². The quantitative estimate of drug-likeness (QED) is 0.675. The van der Waals surface area contributed by atoms with Gasteiger partial charge in [0.1, 0.15) is 5.15 Å². The Morgan fingerprint density at radius 3 is 2.87 bits per heavy atom. The van der Waals surface area contributed by atoms with Gasteiger partial charge in [-0.15, -0.1) is 0 Å². The van der Waals surface area contributed by atoms with E-state index in [-0.39, 0.29) is 18.6 Å². The maximum absolute atomic E-state index is 12.0. The van der Waals surface area contributed by atoms with Crippen LogP contribution in [0.2, 0.25) is 5.15 Å². The number of hydrogen-bond acceptors (Lipinski definition) is 4. The zero-order valence-electron chi connectivity index (χ0n) is 12.7. The van der Waals surface area contributed by atoms with Gasteiger partial charge in [0.25, 0.3) is 5.91 Å². The lowest BCUT2D eigenvalue weighted by Gasteiger charge is -2.12. The molecule has 3 rings (SSSR count). The Labute approximate surface area is 139 Å². The van der Waals surface area contributed by atoms with Crippen molar-refractivity contribution in [1.29, 1.82) is 0 Å². The van der Waals surface area contributed by atoms with Crippen LogP contribution in [-0.2, 0) is 9.53 Å². The van der Waals surface area contributed by atoms with Crippen molar-refractivity contribution in [2.75, 3.05) is 6.61 Å². The molecule has 1 aromatic heterocycles. The summed E-state index contributed by atoms with van der Waals surface area (Å²) < 4.78 is 5.07. The highest BCUT2D eigenvalue weighted by molar-refractivity contribution is 6.29. The number of carbonyl (C=O) groups excluding carboxylic acids is 2. The number of carbonyl (C=O) groups is 2. The molecular weight excluding hydrogens is 316 g/mol. The number of esters is 1. The summed E-state index contributed by atoms with van der Waals surface area (Å²) in [5, 5.41) is 4.03. The number of nitrogens with one attached hydrogen (secondary N) is 1. The molecule has 1 aliphatic rings. The fourth-order valence-corrected chi connectivity index (χ4v) is 2.61. The summed E-state index contributed by atoms with van der Waals surface area (Å²) in [5.41, 5.74) is 1.08. The van der Waals surface area contributed by atoms with Crippen LogP contribution in [0.4, 0.5) is 0 Å². The number of halogens is 1. The van der Waals surface area contributed by atoms with E-state index in [9.17, 15) is 9.59 Å². The highest BCUT2D eigenvalue weighted by Crippen LogP contribution is 2.32. The van der Waals surface area contributed by atoms with E-state index in [1.54, 1.807) is 30.3 Å². The third-order valence-electron chi connectivity index (χ3n) is 3.94. The lowest BCUT2D eigenvalue weighted by Crippen LogP contribution is -2.37. The van der Waals surface area contributed by atoms with Crippen molar-refractivity contribution >= 4 is 34.4 Å². The molecule has 0 spiro atoms. The van der Waals surface area contributed by atoms with Gasteiger partial charge in [-0.3, -0.25) is 4.79 Å². The number of aromatic nitrogens is 1. The molecule has 6 heteroatoms. The van der Waals surface area contributed by atoms with Gasteiger partial charge in [0.15, 0.2) is 6.61 Å². The SMILES string of the molecule is CC(NC(=O)COC(=O)c1ccc2nc(Cl)ccc2c1)C1CC1. The Bertz CT molecular complexity index is 759. The average molecular weight is 333 g/mol. The zero-order chi connectivity index (χ0) is 16.4. The first-order valence-electron chi connectivity index (χ1n) is 7.56. The van der Waals surface area contributed by atoms with E-state index in [0.717, 1.165) is 18.2 Å². The second kappa shape index (κ2) is 6.54. The van der Waals surface area contributed by atoms with Crippen molar-refractivity contribution in [2.24, 2.45) is 5.92 Å². The number of pyridine rings is 1. The smallest absolute Gasteiger partial charge is 0.338 e. The van der Waals surface area contributed by atoms with Crippen molar-refractivity contribution in [3.05, 3.63) is 41.0 Å². The molecule has 1 atom stereocenters. The summed E-state index contributed by atoms with van der Waals surface area (Å²) >= 11 is 5.83. The Morgan fingerprint density at radius 2 is 2.13 bits per heavy atom. The highest BCUT2D eigenvalue weighted by Gasteiger charge is 2.29. The third-order valence-corrected chi connectivity index (χ3v) is 4.15. The van der Waals surface area contributed by atoms with Crippen LogP contribution in [-0.4, -0.2) is 29.5 Å². The summed E-state index contributed by atoms with van der Waals surface area (Å²) in [4.78, 5) is 28.0. The van der Waals surface area contributed by atoms with Gasteiger partial charge < -0.3 is 10.1 Å². The van der Waals surface area contributed by atoms with Crippen LogP contribution in [0.15, 0.2) is 30.3 Å². The molecule has 1 saturated carbocycles. The van der Waals surface area contributed by atoms with Crippen molar-refractivity contribution in [2.45, 2.75) is 25.8 Å². The highest BCUT2D eigenvalue weighted by atomic mass is 35.5. The van der Waals surface area contributed by atoms with Gasteiger partial charge in [0, 0.05) is 11.4 Å². The number of nitrogens with zero attached hydrogens (tertiary/aromatic N) is 1. The molecule has 1 fully saturated rings. The fourth-order valence-electron chi connectivity index (χ4n) is 2.45. The number of benzene rings is 1. The third kappa shape index (κ3) is 3.99. The Hall–Kier alpha value is -2.14. The van der Waals surface area contributed by atoms with Gasteiger partial charge in [-0.2, -0.15) is 0 Å². The van der Waals surface area contributed by atoms with Gasteiger partial charge in [0.2, 0.25) is 0 Å². The average Bonchev–Trinajstić information content (AvgIpc) is 3.37. The van der Waals surface area contributed by atoms with E-state index >= 15 is 0 Å². The number of fused-ring (bicyclic) bond motifs is 1. The van der Waals surface area contributed by atoms with Gasteiger partial charge in [0.05, 0.1) is 11.1 Å². The van der Waals surface area contributed by atoms with Crippen LogP contribution in [0.25, 0.3) is 10.9 Å². The van der Waals surface area contributed by atoms with E-state index < -0.39 is 5.97 Å². The number of amides is 1. The van der Waals surface area contributed by atoms with E-state index in [1.807, 2.05) is 6.92 Å². The second-order valence-corrected chi connectivity index (χ2v) is 6.20. The van der Waals surface area contributed by atoms with Crippen molar-refractivity contribution in [3.63, 3.8) is 0 Å². The summed E-state index contributed by atoms with van der Waals surface area (Å²) in [6, 6.07) is 8.56. The van der Waals surface area contributed by atoms with Crippen molar-refractivity contribution in [1.82, 2.24) is 10.3 Å². The number of hydrogen-bond donors (Lipinski definition) is 1. The molecule has 1 N–H and O–H groups in total. The first-order valence-corrected chi connectivity index (χ1v) is 7.93. The molecule has 1 amide bonds. The minimum absolute atomic E-state index is 0.137. The van der Waals surface area contributed by atoms with Crippen LogP contribution < -0.4 is 5.32 Å². The Morgan fingerprint density at radius 1 is 1.35 bits per heavy atom. The fraction of sp³-hybridized carbons (Fsp3) is 0.353. The topological polar surface area (TPSA) is 68.3 Å². The van der Waals surface area contributed by atoms with Crippen LogP contribution in [0.1, 0.15) is 30.1 Å². The molecule has 2 aromatic rings. The van der Waals surface area contributed by atoms with Gasteiger partial charge in [-0.1, -0.05) is 11.6 Å². The molecule has 120 valence electrons. The first-order chi connectivity index (χ1) is 11.0. The van der Waals surface area contributed by atoms with Crippen molar-refractivity contribution < 1.29 is 14.3 Å². The van der Waals surface area contributed by atoms with E-state index in [0.29, 0.717) is 22.2 Å². The van der Waals surface area contributed by atoms with Crippen LogP contribution in [0.3, 0.4) is 0 Å². The van der Waals surface area contributed by atoms with E-state index in [1.165, 1.54) is 0 Å². The molecule has 1 aromatic carbocycles. The normalized spacial score (nSPS) is 15.2. The molecule has 23 heavy (non-hydrogen) atoms. The molecule has 1 heterocycles. The minimum atomic E-state index is -0.531. The number of rotatable bonds is 5.